The molecule has 0 radical (unpaired) electrons. The molecule has 3 heterocycles. The highest BCUT2D eigenvalue weighted by Gasteiger charge is 2.09. The Morgan fingerprint density at radius 3 is 2.85 bits per heavy atom. The van der Waals surface area contributed by atoms with E-state index in [9.17, 15) is 4.79 Å². The Balaban J connectivity index is 1.76. The molecule has 0 aliphatic carbocycles. The number of aryl methyl sites for hydroxylation is 2. The zero-order chi connectivity index (χ0) is 14.1. The van der Waals surface area contributed by atoms with Gasteiger partial charge in [-0.25, -0.2) is 0 Å². The first kappa shape index (κ1) is 12.4. The van der Waals surface area contributed by atoms with Crippen LogP contribution >= 0.6 is 0 Å². The van der Waals surface area contributed by atoms with Crippen LogP contribution in [-0.2, 0) is 6.54 Å². The number of nitrogens with one attached hydrogen (secondary N) is 1. The third-order valence-corrected chi connectivity index (χ3v) is 3.05. The molecule has 0 unspecified atom stereocenters. The van der Waals surface area contributed by atoms with Crippen molar-refractivity contribution in [3.8, 4) is 0 Å². The van der Waals surface area contributed by atoms with Gasteiger partial charge < -0.3 is 9.73 Å². The van der Waals surface area contributed by atoms with E-state index in [1.165, 1.54) is 0 Å². The number of hydrogen-bond acceptors (Lipinski definition) is 4. The van der Waals surface area contributed by atoms with Gasteiger partial charge in [0.2, 0.25) is 0 Å². The fourth-order valence-electron chi connectivity index (χ4n) is 1.99. The molecule has 3 aromatic heterocycles. The van der Waals surface area contributed by atoms with Crippen molar-refractivity contribution in [2.75, 3.05) is 0 Å². The van der Waals surface area contributed by atoms with Crippen LogP contribution in [0.5, 0.6) is 0 Å². The van der Waals surface area contributed by atoms with Gasteiger partial charge in [0.1, 0.15) is 17.3 Å². The number of carbonyl (C=O) groups excluding carboxylic acids is 1. The quantitative estimate of drug-likeness (QED) is 0.788. The second kappa shape index (κ2) is 4.80. The van der Waals surface area contributed by atoms with Gasteiger partial charge in [0.05, 0.1) is 12.1 Å². The van der Waals surface area contributed by atoms with E-state index in [4.69, 9.17) is 4.42 Å². The number of amides is 1. The van der Waals surface area contributed by atoms with Gasteiger partial charge in [0, 0.05) is 6.20 Å². The third kappa shape index (κ3) is 2.27. The van der Waals surface area contributed by atoms with Gasteiger partial charge in [-0.15, -0.1) is 10.2 Å². The first-order chi connectivity index (χ1) is 9.63. The summed E-state index contributed by atoms with van der Waals surface area (Å²) < 4.78 is 7.19. The lowest BCUT2D eigenvalue weighted by atomic mass is 10.2. The number of fused-ring (bicyclic) bond motifs is 1. The Hall–Kier alpha value is -2.63. The molecule has 20 heavy (non-hydrogen) atoms. The molecule has 3 aromatic rings. The van der Waals surface area contributed by atoms with E-state index >= 15 is 0 Å². The zero-order valence-electron chi connectivity index (χ0n) is 11.3. The van der Waals surface area contributed by atoms with Gasteiger partial charge >= 0.3 is 0 Å². The average Bonchev–Trinajstić information content (AvgIpc) is 3.03. The van der Waals surface area contributed by atoms with Gasteiger partial charge in [-0.05, 0) is 38.1 Å². The van der Waals surface area contributed by atoms with Crippen LogP contribution in [0.15, 0.2) is 34.9 Å². The zero-order valence-corrected chi connectivity index (χ0v) is 11.3. The standard InChI is InChI=1S/C14H14N4O2/c1-9-3-5-12(20-9)7-15-14(19)11-4-6-13-17-16-10(2)18(13)8-11/h3-6,8H,7H2,1-2H3,(H,15,19). The van der Waals surface area contributed by atoms with Crippen molar-refractivity contribution in [2.45, 2.75) is 20.4 Å². The Bertz CT molecular complexity index is 772. The van der Waals surface area contributed by atoms with Crippen LogP contribution in [0.25, 0.3) is 5.65 Å². The monoisotopic (exact) mass is 270 g/mol. The fraction of sp³-hybridized carbons (Fsp3) is 0.214. The number of aromatic nitrogens is 3. The van der Waals surface area contributed by atoms with E-state index in [0.29, 0.717) is 12.1 Å². The van der Waals surface area contributed by atoms with Gasteiger partial charge in [-0.3, -0.25) is 9.20 Å². The molecule has 0 fully saturated rings. The van der Waals surface area contributed by atoms with E-state index in [0.717, 1.165) is 23.0 Å². The van der Waals surface area contributed by atoms with Crippen molar-refractivity contribution in [3.63, 3.8) is 0 Å². The molecule has 1 amide bonds. The number of rotatable bonds is 3. The summed E-state index contributed by atoms with van der Waals surface area (Å²) in [5, 5.41) is 10.8. The Labute approximate surface area is 115 Å². The Kier molecular flexibility index (Phi) is 2.98. The third-order valence-electron chi connectivity index (χ3n) is 3.05. The maximum Gasteiger partial charge on any atom is 0.253 e. The topological polar surface area (TPSA) is 72.4 Å². The number of furan rings is 1. The van der Waals surface area contributed by atoms with Crippen molar-refractivity contribution < 1.29 is 9.21 Å². The van der Waals surface area contributed by atoms with E-state index in [2.05, 4.69) is 15.5 Å². The maximum atomic E-state index is 12.1. The number of carbonyl (C=O) groups is 1. The van der Waals surface area contributed by atoms with E-state index in [-0.39, 0.29) is 5.91 Å². The summed E-state index contributed by atoms with van der Waals surface area (Å²) in [4.78, 5) is 12.1. The van der Waals surface area contributed by atoms with Crippen LogP contribution in [-0.4, -0.2) is 20.5 Å². The molecule has 102 valence electrons. The smallest absolute Gasteiger partial charge is 0.253 e. The van der Waals surface area contributed by atoms with Crippen LogP contribution in [0.4, 0.5) is 0 Å². The largest absolute Gasteiger partial charge is 0.465 e. The molecule has 0 spiro atoms. The summed E-state index contributed by atoms with van der Waals surface area (Å²) in [6.07, 6.45) is 1.73. The minimum Gasteiger partial charge on any atom is -0.465 e. The summed E-state index contributed by atoms with van der Waals surface area (Å²) in [6.45, 7) is 4.08. The van der Waals surface area contributed by atoms with Crippen LogP contribution in [0, 0.1) is 13.8 Å². The molecule has 0 aliphatic rings. The lowest BCUT2D eigenvalue weighted by Gasteiger charge is -2.04. The SMILES string of the molecule is Cc1ccc(CNC(=O)c2ccc3nnc(C)n3c2)o1. The maximum absolute atomic E-state index is 12.1. The normalized spacial score (nSPS) is 10.9. The fourth-order valence-corrected chi connectivity index (χ4v) is 1.99. The van der Waals surface area contributed by atoms with E-state index in [1.54, 1.807) is 22.7 Å². The molecule has 0 aliphatic heterocycles. The van der Waals surface area contributed by atoms with Crippen LogP contribution in [0.1, 0.15) is 27.7 Å². The second-order valence-electron chi connectivity index (χ2n) is 4.59. The van der Waals surface area contributed by atoms with Crippen molar-refractivity contribution in [3.05, 3.63) is 53.4 Å². The molecule has 0 atom stereocenters. The number of pyridine rings is 1. The molecule has 6 heteroatoms. The number of hydrogen-bond donors (Lipinski definition) is 1. The molecule has 0 aromatic carbocycles. The van der Waals surface area contributed by atoms with Gasteiger partial charge in [-0.2, -0.15) is 0 Å². The molecule has 6 nitrogen and oxygen atoms in total. The van der Waals surface area contributed by atoms with E-state index in [1.807, 2.05) is 26.0 Å². The highest BCUT2D eigenvalue weighted by atomic mass is 16.3. The minimum absolute atomic E-state index is 0.158. The van der Waals surface area contributed by atoms with Gasteiger partial charge in [0.25, 0.3) is 5.91 Å². The molecule has 0 saturated heterocycles. The van der Waals surface area contributed by atoms with Crippen LogP contribution < -0.4 is 5.32 Å². The summed E-state index contributed by atoms with van der Waals surface area (Å²) >= 11 is 0. The molecular weight excluding hydrogens is 256 g/mol. The highest BCUT2D eigenvalue weighted by Crippen LogP contribution is 2.08. The van der Waals surface area contributed by atoms with Crippen molar-refractivity contribution in [2.24, 2.45) is 0 Å². The first-order valence-corrected chi connectivity index (χ1v) is 6.28. The van der Waals surface area contributed by atoms with Crippen molar-refractivity contribution >= 4 is 11.6 Å². The predicted octanol–water partition coefficient (Wildman–Crippen LogP) is 1.87. The van der Waals surface area contributed by atoms with Crippen molar-refractivity contribution in [1.82, 2.24) is 19.9 Å². The summed E-state index contributed by atoms with van der Waals surface area (Å²) in [5.74, 6) is 2.15. The Morgan fingerprint density at radius 2 is 2.10 bits per heavy atom. The molecule has 3 rings (SSSR count). The van der Waals surface area contributed by atoms with Crippen LogP contribution in [0.2, 0.25) is 0 Å². The first-order valence-electron chi connectivity index (χ1n) is 6.28. The minimum atomic E-state index is -0.158. The van der Waals surface area contributed by atoms with E-state index < -0.39 is 0 Å². The van der Waals surface area contributed by atoms with Gasteiger partial charge in [0.15, 0.2) is 5.65 Å². The summed E-state index contributed by atoms with van der Waals surface area (Å²) in [7, 11) is 0. The summed E-state index contributed by atoms with van der Waals surface area (Å²) in [6, 6.07) is 7.22. The molecule has 0 saturated carbocycles. The predicted molar refractivity (Wildman–Crippen MR) is 72.3 cm³/mol. The molecule has 0 bridgehead atoms. The Morgan fingerprint density at radius 1 is 1.25 bits per heavy atom. The lowest BCUT2D eigenvalue weighted by Crippen LogP contribution is -2.22. The number of nitrogens with zero attached hydrogens (tertiary/aromatic N) is 3. The molecular formula is C14H14N4O2. The van der Waals surface area contributed by atoms with Crippen LogP contribution in [0.3, 0.4) is 0 Å². The van der Waals surface area contributed by atoms with Crippen molar-refractivity contribution in [1.29, 1.82) is 0 Å². The summed E-state index contributed by atoms with van der Waals surface area (Å²) in [5.41, 5.74) is 1.28. The lowest BCUT2D eigenvalue weighted by molar-refractivity contribution is 0.0947. The second-order valence-corrected chi connectivity index (χ2v) is 4.59. The average molecular weight is 270 g/mol. The van der Waals surface area contributed by atoms with Gasteiger partial charge in [-0.1, -0.05) is 0 Å². The highest BCUT2D eigenvalue weighted by molar-refractivity contribution is 5.94. The molecule has 1 N–H and O–H groups in total.